The highest BCUT2D eigenvalue weighted by Crippen LogP contribution is 2.30. The van der Waals surface area contributed by atoms with Crippen LogP contribution in [-0.4, -0.2) is 34.6 Å². The number of aryl methyl sites for hydroxylation is 1. The first-order valence-electron chi connectivity index (χ1n) is 7.87. The SMILES string of the molecule is COc1ccccc1-c1cccc(C(=O)N(C)Cc2snnc2C)c1. The number of methoxy groups -OCH3 is 1. The highest BCUT2D eigenvalue weighted by Gasteiger charge is 2.16. The van der Waals surface area contributed by atoms with E-state index in [1.807, 2.05) is 55.5 Å². The van der Waals surface area contributed by atoms with Crippen LogP contribution in [0.25, 0.3) is 11.1 Å². The quantitative estimate of drug-likeness (QED) is 0.700. The smallest absolute Gasteiger partial charge is 0.253 e. The van der Waals surface area contributed by atoms with Gasteiger partial charge in [0.15, 0.2) is 0 Å². The minimum absolute atomic E-state index is 0.0375. The van der Waals surface area contributed by atoms with Gasteiger partial charge in [0.05, 0.1) is 24.2 Å². The van der Waals surface area contributed by atoms with Crippen LogP contribution in [0.4, 0.5) is 0 Å². The average molecular weight is 353 g/mol. The number of ether oxygens (including phenoxy) is 1. The van der Waals surface area contributed by atoms with E-state index in [0.29, 0.717) is 12.1 Å². The molecule has 0 atom stereocenters. The second-order valence-electron chi connectivity index (χ2n) is 5.72. The second-order valence-corrected chi connectivity index (χ2v) is 6.56. The lowest BCUT2D eigenvalue weighted by Crippen LogP contribution is -2.26. The number of benzene rings is 2. The van der Waals surface area contributed by atoms with Crippen molar-refractivity contribution in [3.8, 4) is 16.9 Å². The Morgan fingerprint density at radius 2 is 2.00 bits per heavy atom. The third kappa shape index (κ3) is 3.69. The van der Waals surface area contributed by atoms with Crippen molar-refractivity contribution in [3.05, 3.63) is 64.7 Å². The van der Waals surface area contributed by atoms with Gasteiger partial charge in [0, 0.05) is 18.2 Å². The molecule has 0 saturated heterocycles. The van der Waals surface area contributed by atoms with Gasteiger partial charge in [-0.25, -0.2) is 0 Å². The lowest BCUT2D eigenvalue weighted by atomic mass is 10.0. The van der Waals surface area contributed by atoms with E-state index in [9.17, 15) is 4.79 Å². The molecule has 3 rings (SSSR count). The Morgan fingerprint density at radius 3 is 2.72 bits per heavy atom. The summed E-state index contributed by atoms with van der Waals surface area (Å²) in [6.07, 6.45) is 0. The molecule has 0 spiro atoms. The number of carbonyl (C=O) groups excluding carboxylic acids is 1. The van der Waals surface area contributed by atoms with Crippen molar-refractivity contribution in [2.24, 2.45) is 0 Å². The van der Waals surface area contributed by atoms with Crippen LogP contribution in [0.1, 0.15) is 20.9 Å². The molecule has 128 valence electrons. The summed E-state index contributed by atoms with van der Waals surface area (Å²) in [5.74, 6) is 0.747. The molecule has 5 nitrogen and oxygen atoms in total. The molecule has 0 saturated carbocycles. The molecular formula is C19H19N3O2S. The van der Waals surface area contributed by atoms with Gasteiger partial charge in [-0.2, -0.15) is 0 Å². The molecule has 1 heterocycles. The molecule has 1 amide bonds. The van der Waals surface area contributed by atoms with Gasteiger partial charge < -0.3 is 9.64 Å². The second kappa shape index (κ2) is 7.44. The molecule has 0 aliphatic carbocycles. The number of hydrogen-bond donors (Lipinski definition) is 0. The van der Waals surface area contributed by atoms with Crippen molar-refractivity contribution < 1.29 is 9.53 Å². The summed E-state index contributed by atoms with van der Waals surface area (Å²) in [5, 5.41) is 3.99. The highest BCUT2D eigenvalue weighted by atomic mass is 32.1. The lowest BCUT2D eigenvalue weighted by molar-refractivity contribution is 0.0786. The first-order chi connectivity index (χ1) is 12.1. The summed E-state index contributed by atoms with van der Waals surface area (Å²) >= 11 is 1.32. The molecule has 0 aliphatic rings. The number of para-hydroxylation sites is 1. The standard InChI is InChI=1S/C19H19N3O2S/c1-13-18(25-21-20-13)12-22(2)19(23)15-8-6-7-14(11-15)16-9-4-5-10-17(16)24-3/h4-11H,12H2,1-3H3. The van der Waals surface area contributed by atoms with E-state index >= 15 is 0 Å². The Labute approximate surface area is 151 Å². The zero-order chi connectivity index (χ0) is 17.8. The Balaban J connectivity index is 1.85. The van der Waals surface area contributed by atoms with Crippen LogP contribution in [0, 0.1) is 6.92 Å². The Kier molecular flexibility index (Phi) is 5.09. The molecule has 0 bridgehead atoms. The average Bonchev–Trinajstić information content (AvgIpc) is 3.05. The summed E-state index contributed by atoms with van der Waals surface area (Å²) < 4.78 is 9.34. The fraction of sp³-hybridized carbons (Fsp3) is 0.211. The van der Waals surface area contributed by atoms with E-state index in [1.54, 1.807) is 19.1 Å². The van der Waals surface area contributed by atoms with Crippen LogP contribution in [-0.2, 0) is 6.54 Å². The number of rotatable bonds is 5. The van der Waals surface area contributed by atoms with E-state index < -0.39 is 0 Å². The molecule has 6 heteroatoms. The monoisotopic (exact) mass is 353 g/mol. The maximum Gasteiger partial charge on any atom is 0.253 e. The molecule has 0 unspecified atom stereocenters. The van der Waals surface area contributed by atoms with Gasteiger partial charge in [-0.1, -0.05) is 34.8 Å². The van der Waals surface area contributed by atoms with Gasteiger partial charge in [0.1, 0.15) is 5.75 Å². The third-order valence-corrected chi connectivity index (χ3v) is 4.81. The topological polar surface area (TPSA) is 55.3 Å². The normalized spacial score (nSPS) is 10.5. The summed E-state index contributed by atoms with van der Waals surface area (Å²) in [6.45, 7) is 2.40. The predicted molar refractivity (Wildman–Crippen MR) is 98.9 cm³/mol. The number of aromatic nitrogens is 2. The Hall–Kier alpha value is -2.73. The van der Waals surface area contributed by atoms with E-state index in [2.05, 4.69) is 9.59 Å². The van der Waals surface area contributed by atoms with Crippen LogP contribution in [0.15, 0.2) is 48.5 Å². The van der Waals surface area contributed by atoms with Gasteiger partial charge in [0.2, 0.25) is 0 Å². The summed E-state index contributed by atoms with van der Waals surface area (Å²) in [5.41, 5.74) is 3.42. The largest absolute Gasteiger partial charge is 0.496 e. The fourth-order valence-corrected chi connectivity index (χ4v) is 3.29. The van der Waals surface area contributed by atoms with Gasteiger partial charge in [-0.15, -0.1) is 5.10 Å². The first kappa shape index (κ1) is 17.1. The van der Waals surface area contributed by atoms with Crippen LogP contribution in [0.5, 0.6) is 5.75 Å². The lowest BCUT2D eigenvalue weighted by Gasteiger charge is -2.17. The van der Waals surface area contributed by atoms with Gasteiger partial charge in [-0.3, -0.25) is 4.79 Å². The molecule has 2 aromatic carbocycles. The van der Waals surface area contributed by atoms with Crippen molar-refractivity contribution >= 4 is 17.4 Å². The minimum atomic E-state index is -0.0375. The molecule has 1 aromatic heterocycles. The maximum absolute atomic E-state index is 12.8. The van der Waals surface area contributed by atoms with Crippen LogP contribution in [0.3, 0.4) is 0 Å². The number of nitrogens with zero attached hydrogens (tertiary/aromatic N) is 3. The molecule has 0 radical (unpaired) electrons. The van der Waals surface area contributed by atoms with Crippen molar-refractivity contribution in [2.45, 2.75) is 13.5 Å². The van der Waals surface area contributed by atoms with Crippen LogP contribution in [0.2, 0.25) is 0 Å². The van der Waals surface area contributed by atoms with E-state index in [4.69, 9.17) is 4.74 Å². The summed E-state index contributed by atoms with van der Waals surface area (Å²) in [4.78, 5) is 15.5. The van der Waals surface area contributed by atoms with E-state index in [-0.39, 0.29) is 5.91 Å². The van der Waals surface area contributed by atoms with Crippen molar-refractivity contribution in [1.82, 2.24) is 14.5 Å². The summed E-state index contributed by atoms with van der Waals surface area (Å²) in [7, 11) is 3.43. The number of hydrogen-bond acceptors (Lipinski definition) is 5. The molecule has 25 heavy (non-hydrogen) atoms. The molecule has 0 fully saturated rings. The zero-order valence-corrected chi connectivity index (χ0v) is 15.2. The predicted octanol–water partition coefficient (Wildman–Crippen LogP) is 3.79. The molecular weight excluding hydrogens is 334 g/mol. The summed E-state index contributed by atoms with van der Waals surface area (Å²) in [6, 6.07) is 15.4. The first-order valence-corrected chi connectivity index (χ1v) is 8.64. The van der Waals surface area contributed by atoms with Crippen molar-refractivity contribution in [2.75, 3.05) is 14.2 Å². The highest BCUT2D eigenvalue weighted by molar-refractivity contribution is 7.05. The number of carbonyl (C=O) groups is 1. The fourth-order valence-electron chi connectivity index (χ4n) is 2.61. The van der Waals surface area contributed by atoms with Crippen molar-refractivity contribution in [1.29, 1.82) is 0 Å². The van der Waals surface area contributed by atoms with E-state index in [1.165, 1.54) is 11.5 Å². The van der Waals surface area contributed by atoms with Crippen molar-refractivity contribution in [3.63, 3.8) is 0 Å². The maximum atomic E-state index is 12.8. The van der Waals surface area contributed by atoms with Crippen LogP contribution >= 0.6 is 11.5 Å². The Morgan fingerprint density at radius 1 is 1.20 bits per heavy atom. The Bertz CT molecular complexity index is 892. The zero-order valence-electron chi connectivity index (χ0n) is 14.4. The van der Waals surface area contributed by atoms with E-state index in [0.717, 1.165) is 27.4 Å². The number of amides is 1. The molecule has 0 aliphatic heterocycles. The molecule has 3 aromatic rings. The van der Waals surface area contributed by atoms with Gasteiger partial charge in [0.25, 0.3) is 5.91 Å². The van der Waals surface area contributed by atoms with Gasteiger partial charge in [-0.05, 0) is 42.2 Å². The molecule has 0 N–H and O–H groups in total. The third-order valence-electron chi connectivity index (χ3n) is 4.00. The minimum Gasteiger partial charge on any atom is -0.496 e. The van der Waals surface area contributed by atoms with Crippen LogP contribution < -0.4 is 4.74 Å². The van der Waals surface area contributed by atoms with Gasteiger partial charge >= 0.3 is 0 Å².